The SMILES string of the molecule is COCCn1c(C)cc(N2CCOCC2)c(C#N)c1=O. The lowest BCUT2D eigenvalue weighted by atomic mass is 10.1. The number of anilines is 1. The zero-order valence-corrected chi connectivity index (χ0v) is 11.9. The molecular weight excluding hydrogens is 258 g/mol. The van der Waals surface area contributed by atoms with Crippen LogP contribution in [0.1, 0.15) is 11.3 Å². The average Bonchev–Trinajstić information content (AvgIpc) is 2.47. The van der Waals surface area contributed by atoms with Crippen molar-refractivity contribution in [1.29, 1.82) is 5.26 Å². The van der Waals surface area contributed by atoms with Gasteiger partial charge in [0.2, 0.25) is 0 Å². The lowest BCUT2D eigenvalue weighted by Crippen LogP contribution is -2.39. The number of nitrogens with zero attached hydrogens (tertiary/aromatic N) is 3. The second-order valence-corrected chi connectivity index (χ2v) is 4.71. The summed E-state index contributed by atoms with van der Waals surface area (Å²) in [7, 11) is 1.59. The van der Waals surface area contributed by atoms with E-state index in [4.69, 9.17) is 9.47 Å². The zero-order chi connectivity index (χ0) is 14.5. The van der Waals surface area contributed by atoms with E-state index in [0.29, 0.717) is 45.1 Å². The third-order valence-electron chi connectivity index (χ3n) is 3.47. The molecule has 20 heavy (non-hydrogen) atoms. The molecule has 2 heterocycles. The first-order valence-electron chi connectivity index (χ1n) is 6.65. The van der Waals surface area contributed by atoms with Crippen molar-refractivity contribution in [3.05, 3.63) is 27.7 Å². The molecule has 0 radical (unpaired) electrons. The highest BCUT2D eigenvalue weighted by molar-refractivity contribution is 5.59. The van der Waals surface area contributed by atoms with Crippen LogP contribution in [0.2, 0.25) is 0 Å². The number of pyridine rings is 1. The van der Waals surface area contributed by atoms with E-state index in [-0.39, 0.29) is 11.1 Å². The Balaban J connectivity index is 2.43. The van der Waals surface area contributed by atoms with Gasteiger partial charge in [-0.05, 0) is 13.0 Å². The molecule has 1 aliphatic heterocycles. The van der Waals surface area contributed by atoms with Gasteiger partial charge in [0.1, 0.15) is 11.6 Å². The predicted octanol–water partition coefficient (Wildman–Crippen LogP) is 0.511. The number of methoxy groups -OCH3 is 1. The van der Waals surface area contributed by atoms with E-state index in [2.05, 4.69) is 0 Å². The highest BCUT2D eigenvalue weighted by Crippen LogP contribution is 2.20. The molecule has 0 aromatic carbocycles. The maximum absolute atomic E-state index is 12.4. The van der Waals surface area contributed by atoms with Gasteiger partial charge in [0.05, 0.1) is 25.5 Å². The van der Waals surface area contributed by atoms with Crippen LogP contribution in [0.5, 0.6) is 0 Å². The first-order chi connectivity index (χ1) is 9.69. The van der Waals surface area contributed by atoms with E-state index in [1.54, 1.807) is 11.7 Å². The molecule has 0 N–H and O–H groups in total. The molecule has 1 saturated heterocycles. The summed E-state index contributed by atoms with van der Waals surface area (Å²) in [5.41, 5.74) is 1.51. The number of nitriles is 1. The topological polar surface area (TPSA) is 67.5 Å². The minimum absolute atomic E-state index is 0.202. The van der Waals surface area contributed by atoms with Crippen LogP contribution in [0.15, 0.2) is 10.9 Å². The molecule has 1 aromatic rings. The average molecular weight is 277 g/mol. The van der Waals surface area contributed by atoms with Crippen LogP contribution in [-0.4, -0.2) is 44.6 Å². The van der Waals surface area contributed by atoms with Crippen LogP contribution in [0.3, 0.4) is 0 Å². The molecule has 2 rings (SSSR count). The van der Waals surface area contributed by atoms with Gasteiger partial charge < -0.3 is 18.9 Å². The van der Waals surface area contributed by atoms with Gasteiger partial charge >= 0.3 is 0 Å². The summed E-state index contributed by atoms with van der Waals surface area (Å²) in [6.45, 7) is 5.43. The van der Waals surface area contributed by atoms with Gasteiger partial charge in [-0.15, -0.1) is 0 Å². The molecule has 0 bridgehead atoms. The molecule has 0 saturated carbocycles. The highest BCUT2D eigenvalue weighted by Gasteiger charge is 2.19. The maximum Gasteiger partial charge on any atom is 0.270 e. The van der Waals surface area contributed by atoms with E-state index >= 15 is 0 Å². The summed E-state index contributed by atoms with van der Waals surface area (Å²) >= 11 is 0. The van der Waals surface area contributed by atoms with E-state index < -0.39 is 0 Å². The lowest BCUT2D eigenvalue weighted by Gasteiger charge is -2.30. The molecule has 1 aliphatic rings. The molecule has 6 heteroatoms. The standard InChI is InChI=1S/C14H19N3O3/c1-11-9-13(16-3-7-20-8-4-16)12(10-15)14(18)17(11)5-6-19-2/h9H,3-8H2,1-2H3. The monoisotopic (exact) mass is 277 g/mol. The van der Waals surface area contributed by atoms with Crippen LogP contribution in [0.4, 0.5) is 5.69 Å². The third kappa shape index (κ3) is 2.84. The van der Waals surface area contributed by atoms with Crippen molar-refractivity contribution < 1.29 is 9.47 Å². The first kappa shape index (κ1) is 14.6. The molecule has 108 valence electrons. The lowest BCUT2D eigenvalue weighted by molar-refractivity contribution is 0.122. The van der Waals surface area contributed by atoms with Gasteiger partial charge in [0.25, 0.3) is 5.56 Å². The third-order valence-corrected chi connectivity index (χ3v) is 3.47. The number of aromatic nitrogens is 1. The van der Waals surface area contributed by atoms with Crippen LogP contribution in [0, 0.1) is 18.3 Å². The van der Waals surface area contributed by atoms with E-state index in [9.17, 15) is 10.1 Å². The van der Waals surface area contributed by atoms with Gasteiger partial charge in [-0.1, -0.05) is 0 Å². The Morgan fingerprint density at radius 2 is 2.15 bits per heavy atom. The maximum atomic E-state index is 12.4. The molecule has 6 nitrogen and oxygen atoms in total. The van der Waals surface area contributed by atoms with E-state index in [1.165, 1.54) is 0 Å². The molecule has 0 atom stereocenters. The molecule has 1 fully saturated rings. The smallest absolute Gasteiger partial charge is 0.270 e. The van der Waals surface area contributed by atoms with Crippen LogP contribution in [0.25, 0.3) is 0 Å². The number of ether oxygens (including phenoxy) is 2. The molecule has 0 aliphatic carbocycles. The summed E-state index contributed by atoms with van der Waals surface area (Å²) in [6.07, 6.45) is 0. The fraction of sp³-hybridized carbons (Fsp3) is 0.571. The summed E-state index contributed by atoms with van der Waals surface area (Å²) < 4.78 is 11.9. The Labute approximate surface area is 118 Å². The molecule has 0 amide bonds. The van der Waals surface area contributed by atoms with Crippen molar-refractivity contribution in [2.24, 2.45) is 0 Å². The minimum atomic E-state index is -0.244. The molecule has 0 spiro atoms. The van der Waals surface area contributed by atoms with Crippen LogP contribution in [-0.2, 0) is 16.0 Å². The number of hydrogen-bond acceptors (Lipinski definition) is 5. The van der Waals surface area contributed by atoms with Crippen molar-refractivity contribution >= 4 is 5.69 Å². The second-order valence-electron chi connectivity index (χ2n) is 4.71. The van der Waals surface area contributed by atoms with Gasteiger partial charge in [0.15, 0.2) is 0 Å². The van der Waals surface area contributed by atoms with E-state index in [1.807, 2.05) is 24.0 Å². The summed E-state index contributed by atoms with van der Waals surface area (Å²) in [4.78, 5) is 14.5. The van der Waals surface area contributed by atoms with Crippen LogP contribution < -0.4 is 10.5 Å². The Morgan fingerprint density at radius 1 is 1.45 bits per heavy atom. The van der Waals surface area contributed by atoms with Gasteiger partial charge in [-0.25, -0.2) is 0 Å². The van der Waals surface area contributed by atoms with Gasteiger partial charge in [-0.3, -0.25) is 4.79 Å². The fourth-order valence-corrected chi connectivity index (χ4v) is 2.37. The summed E-state index contributed by atoms with van der Waals surface area (Å²) in [5.74, 6) is 0. The molecule has 1 aromatic heterocycles. The Kier molecular flexibility index (Phi) is 4.77. The van der Waals surface area contributed by atoms with Crippen molar-refractivity contribution in [2.75, 3.05) is 44.9 Å². The normalized spacial score (nSPS) is 15.2. The van der Waals surface area contributed by atoms with E-state index in [0.717, 1.165) is 5.69 Å². The van der Waals surface area contributed by atoms with Gasteiger partial charge in [0, 0.05) is 32.4 Å². The number of morpholine rings is 1. The first-order valence-corrected chi connectivity index (χ1v) is 6.65. The van der Waals surface area contributed by atoms with Crippen molar-refractivity contribution in [2.45, 2.75) is 13.5 Å². The molecular formula is C14H19N3O3. The Hall–Kier alpha value is -1.84. The van der Waals surface area contributed by atoms with Crippen molar-refractivity contribution in [3.63, 3.8) is 0 Å². The second kappa shape index (κ2) is 6.55. The number of rotatable bonds is 4. The summed E-state index contributed by atoms with van der Waals surface area (Å²) in [6, 6.07) is 3.95. The highest BCUT2D eigenvalue weighted by atomic mass is 16.5. The Morgan fingerprint density at radius 3 is 2.75 bits per heavy atom. The zero-order valence-electron chi connectivity index (χ0n) is 11.9. The molecule has 0 unspecified atom stereocenters. The fourth-order valence-electron chi connectivity index (χ4n) is 2.37. The minimum Gasteiger partial charge on any atom is -0.383 e. The Bertz CT molecular complexity index is 568. The number of hydrogen-bond donors (Lipinski definition) is 0. The summed E-state index contributed by atoms with van der Waals surface area (Å²) in [5, 5.41) is 9.32. The van der Waals surface area contributed by atoms with Gasteiger partial charge in [-0.2, -0.15) is 5.26 Å². The van der Waals surface area contributed by atoms with Crippen LogP contribution >= 0.6 is 0 Å². The van der Waals surface area contributed by atoms with Crippen molar-refractivity contribution in [1.82, 2.24) is 4.57 Å². The predicted molar refractivity (Wildman–Crippen MR) is 75.1 cm³/mol. The quantitative estimate of drug-likeness (QED) is 0.802. The largest absolute Gasteiger partial charge is 0.383 e. The van der Waals surface area contributed by atoms with Crippen molar-refractivity contribution in [3.8, 4) is 6.07 Å². The number of aryl methyl sites for hydroxylation is 1.